The zero-order valence-corrected chi connectivity index (χ0v) is 20.1. The number of amides is 1. The van der Waals surface area contributed by atoms with Gasteiger partial charge in [-0.25, -0.2) is 4.98 Å². The smallest absolute Gasteiger partial charge is 0.248 e. The molecule has 1 aromatic carbocycles. The lowest BCUT2D eigenvalue weighted by molar-refractivity contribution is -0.137. The molecule has 3 heterocycles. The Labute approximate surface area is 200 Å². The van der Waals surface area contributed by atoms with Crippen LogP contribution in [0.1, 0.15) is 12.8 Å². The summed E-state index contributed by atoms with van der Waals surface area (Å²) < 4.78 is 12.9. The minimum absolute atomic E-state index is 0.0165. The molecule has 0 unspecified atom stereocenters. The first-order valence-corrected chi connectivity index (χ1v) is 11.6. The standard InChI is InChI=1S/C22H25BrClN5O3/c1-31-10-11-32-14-21(30)28-8-6-15(7-9-28)26-20-12-19(16-4-2-3-5-18(16)24)27-22-17(23)13-25-29(20)22/h2-5,12-13,15,26H,6-11,14H2,1H3. The Kier molecular flexibility index (Phi) is 7.62. The fraction of sp³-hybridized carbons (Fsp3) is 0.409. The molecule has 4 rings (SSSR count). The zero-order valence-electron chi connectivity index (χ0n) is 17.8. The van der Waals surface area contributed by atoms with E-state index >= 15 is 0 Å². The van der Waals surface area contributed by atoms with Gasteiger partial charge in [-0.3, -0.25) is 4.79 Å². The molecular weight excluding hydrogens is 498 g/mol. The number of halogens is 2. The van der Waals surface area contributed by atoms with Crippen LogP contribution in [0.15, 0.2) is 41.0 Å². The van der Waals surface area contributed by atoms with Gasteiger partial charge in [0, 0.05) is 42.9 Å². The average Bonchev–Trinajstić information content (AvgIpc) is 3.18. The van der Waals surface area contributed by atoms with Crippen molar-refractivity contribution >= 4 is 44.9 Å². The summed E-state index contributed by atoms with van der Waals surface area (Å²) in [7, 11) is 1.61. The van der Waals surface area contributed by atoms with Crippen molar-refractivity contribution in [1.29, 1.82) is 0 Å². The highest BCUT2D eigenvalue weighted by Crippen LogP contribution is 2.31. The first-order chi connectivity index (χ1) is 15.6. The van der Waals surface area contributed by atoms with Crippen LogP contribution in [-0.4, -0.2) is 71.5 Å². The van der Waals surface area contributed by atoms with Crippen molar-refractivity contribution in [3.05, 3.63) is 46.0 Å². The van der Waals surface area contributed by atoms with E-state index < -0.39 is 0 Å². The lowest BCUT2D eigenvalue weighted by atomic mass is 10.0. The molecule has 1 fully saturated rings. The summed E-state index contributed by atoms with van der Waals surface area (Å²) in [5.41, 5.74) is 2.35. The Bertz CT molecular complexity index is 1080. The fourth-order valence-corrected chi connectivity index (χ4v) is 4.30. The number of piperidine rings is 1. The molecule has 0 aliphatic carbocycles. The summed E-state index contributed by atoms with van der Waals surface area (Å²) in [5.74, 6) is 0.853. The van der Waals surface area contributed by atoms with Crippen LogP contribution in [0.4, 0.5) is 5.82 Å². The van der Waals surface area contributed by atoms with Crippen LogP contribution < -0.4 is 5.32 Å². The average molecular weight is 523 g/mol. The molecule has 0 spiro atoms. The number of nitrogens with one attached hydrogen (secondary N) is 1. The summed E-state index contributed by atoms with van der Waals surface area (Å²) in [6, 6.07) is 9.82. The van der Waals surface area contributed by atoms with Gasteiger partial charge in [0.1, 0.15) is 12.4 Å². The Hall–Kier alpha value is -2.20. The number of nitrogens with zero attached hydrogens (tertiary/aromatic N) is 4. The molecule has 0 atom stereocenters. The molecule has 1 saturated heterocycles. The molecular formula is C22H25BrClN5O3. The molecule has 2 aromatic heterocycles. The number of fused-ring (bicyclic) bond motifs is 1. The number of benzene rings is 1. The van der Waals surface area contributed by atoms with E-state index in [9.17, 15) is 4.79 Å². The van der Waals surface area contributed by atoms with Crippen molar-refractivity contribution in [2.45, 2.75) is 18.9 Å². The van der Waals surface area contributed by atoms with Crippen LogP contribution in [0.25, 0.3) is 16.9 Å². The minimum Gasteiger partial charge on any atom is -0.382 e. The second-order valence-electron chi connectivity index (χ2n) is 7.58. The molecule has 1 aliphatic heterocycles. The Balaban J connectivity index is 1.46. The summed E-state index contributed by atoms with van der Waals surface area (Å²) in [5, 5.41) is 8.69. The highest BCUT2D eigenvalue weighted by molar-refractivity contribution is 9.10. The summed E-state index contributed by atoms with van der Waals surface area (Å²) in [6.07, 6.45) is 3.39. The second kappa shape index (κ2) is 10.6. The van der Waals surface area contributed by atoms with Gasteiger partial charge in [-0.1, -0.05) is 29.8 Å². The highest BCUT2D eigenvalue weighted by atomic mass is 79.9. The quantitative estimate of drug-likeness (QED) is 0.452. The van der Waals surface area contributed by atoms with Crippen LogP contribution in [0.2, 0.25) is 5.02 Å². The van der Waals surface area contributed by atoms with Crippen LogP contribution >= 0.6 is 27.5 Å². The Morgan fingerprint density at radius 3 is 2.81 bits per heavy atom. The topological polar surface area (TPSA) is 81.0 Å². The van der Waals surface area contributed by atoms with Gasteiger partial charge in [-0.05, 0) is 34.8 Å². The predicted octanol–water partition coefficient (Wildman–Crippen LogP) is 3.88. The number of aromatic nitrogens is 3. The van der Waals surface area contributed by atoms with Crippen molar-refractivity contribution in [3.8, 4) is 11.3 Å². The minimum atomic E-state index is 0.0165. The zero-order chi connectivity index (χ0) is 22.5. The van der Waals surface area contributed by atoms with E-state index in [1.165, 1.54) is 0 Å². The van der Waals surface area contributed by atoms with Crippen molar-refractivity contribution in [1.82, 2.24) is 19.5 Å². The van der Waals surface area contributed by atoms with Crippen LogP contribution in [-0.2, 0) is 14.3 Å². The van der Waals surface area contributed by atoms with E-state index in [1.807, 2.05) is 35.2 Å². The van der Waals surface area contributed by atoms with Gasteiger partial charge in [0.05, 0.1) is 29.6 Å². The van der Waals surface area contributed by atoms with Crippen LogP contribution in [0.5, 0.6) is 0 Å². The molecule has 1 amide bonds. The van der Waals surface area contributed by atoms with E-state index in [4.69, 9.17) is 26.1 Å². The van der Waals surface area contributed by atoms with Gasteiger partial charge < -0.3 is 19.7 Å². The van der Waals surface area contributed by atoms with Gasteiger partial charge >= 0.3 is 0 Å². The maximum absolute atomic E-state index is 12.3. The number of carbonyl (C=O) groups is 1. The summed E-state index contributed by atoms with van der Waals surface area (Å²) in [4.78, 5) is 18.9. The number of rotatable bonds is 8. The van der Waals surface area contributed by atoms with Crippen LogP contribution in [0.3, 0.4) is 0 Å². The van der Waals surface area contributed by atoms with E-state index in [0.717, 1.165) is 34.4 Å². The molecule has 0 saturated carbocycles. The molecule has 170 valence electrons. The first-order valence-electron chi connectivity index (χ1n) is 10.5. The van der Waals surface area contributed by atoms with Gasteiger partial charge in [-0.15, -0.1) is 0 Å². The first kappa shape index (κ1) is 23.0. The van der Waals surface area contributed by atoms with Gasteiger partial charge in [0.25, 0.3) is 0 Å². The number of hydrogen-bond acceptors (Lipinski definition) is 6. The third-order valence-electron chi connectivity index (χ3n) is 5.44. The van der Waals surface area contributed by atoms with Crippen molar-refractivity contribution in [2.75, 3.05) is 45.3 Å². The maximum Gasteiger partial charge on any atom is 0.248 e. The van der Waals surface area contributed by atoms with E-state index in [-0.39, 0.29) is 18.6 Å². The SMILES string of the molecule is COCCOCC(=O)N1CCC(Nc2cc(-c3ccccc3Cl)nc3c(Br)cnn23)CC1. The highest BCUT2D eigenvalue weighted by Gasteiger charge is 2.24. The molecule has 8 nitrogen and oxygen atoms in total. The van der Waals surface area contributed by atoms with Crippen molar-refractivity contribution in [3.63, 3.8) is 0 Å². The largest absolute Gasteiger partial charge is 0.382 e. The number of hydrogen-bond donors (Lipinski definition) is 1. The maximum atomic E-state index is 12.3. The summed E-state index contributed by atoms with van der Waals surface area (Å²) in [6.45, 7) is 2.36. The molecule has 0 bridgehead atoms. The van der Waals surface area contributed by atoms with E-state index in [1.54, 1.807) is 17.8 Å². The molecule has 10 heteroatoms. The van der Waals surface area contributed by atoms with E-state index in [0.29, 0.717) is 37.0 Å². The molecule has 3 aromatic rings. The van der Waals surface area contributed by atoms with Crippen molar-refractivity contribution in [2.24, 2.45) is 0 Å². The Morgan fingerprint density at radius 2 is 2.06 bits per heavy atom. The lowest BCUT2D eigenvalue weighted by Crippen LogP contribution is -2.44. The lowest BCUT2D eigenvalue weighted by Gasteiger charge is -2.33. The molecule has 1 N–H and O–H groups in total. The Morgan fingerprint density at radius 1 is 1.28 bits per heavy atom. The second-order valence-corrected chi connectivity index (χ2v) is 8.84. The molecule has 1 aliphatic rings. The predicted molar refractivity (Wildman–Crippen MR) is 127 cm³/mol. The fourth-order valence-electron chi connectivity index (χ4n) is 3.72. The third-order valence-corrected chi connectivity index (χ3v) is 6.32. The normalized spacial score (nSPS) is 14.8. The number of carbonyl (C=O) groups excluding carboxylic acids is 1. The van der Waals surface area contributed by atoms with Crippen molar-refractivity contribution < 1.29 is 14.3 Å². The molecule has 32 heavy (non-hydrogen) atoms. The monoisotopic (exact) mass is 521 g/mol. The number of likely N-dealkylation sites (tertiary alicyclic amines) is 1. The number of ether oxygens (including phenoxy) is 2. The number of methoxy groups -OCH3 is 1. The number of anilines is 1. The van der Waals surface area contributed by atoms with E-state index in [2.05, 4.69) is 26.3 Å². The summed E-state index contributed by atoms with van der Waals surface area (Å²) >= 11 is 9.95. The van der Waals surface area contributed by atoms with Gasteiger partial charge in [0.15, 0.2) is 5.65 Å². The van der Waals surface area contributed by atoms with Gasteiger partial charge in [0.2, 0.25) is 5.91 Å². The van der Waals surface area contributed by atoms with Gasteiger partial charge in [-0.2, -0.15) is 9.61 Å². The molecule has 0 radical (unpaired) electrons. The van der Waals surface area contributed by atoms with Crippen LogP contribution in [0, 0.1) is 0 Å². The third kappa shape index (κ3) is 5.23.